The van der Waals surface area contributed by atoms with Crippen LogP contribution in [-0.4, -0.2) is 77.7 Å². The molecule has 3 aliphatic rings. The molecule has 1 saturated heterocycles. The number of methoxy groups -OCH3 is 1. The van der Waals surface area contributed by atoms with Gasteiger partial charge >= 0.3 is 0 Å². The average Bonchev–Trinajstić information content (AvgIpc) is 3.45. The number of piperidine rings is 1. The zero-order valence-electron chi connectivity index (χ0n) is 29.5. The number of aldehydes is 1. The van der Waals surface area contributed by atoms with Crippen molar-refractivity contribution in [3.05, 3.63) is 64.8 Å². The van der Waals surface area contributed by atoms with Crippen LogP contribution in [0.1, 0.15) is 71.1 Å². The molecule has 0 spiro atoms. The number of halogens is 1. The molecule has 9 nitrogen and oxygen atoms in total. The van der Waals surface area contributed by atoms with Crippen LogP contribution in [0.5, 0.6) is 5.75 Å². The second kappa shape index (κ2) is 16.7. The highest BCUT2D eigenvalue weighted by Gasteiger charge is 2.33. The molecular weight excluding hydrogens is 628 g/mol. The van der Waals surface area contributed by atoms with Crippen molar-refractivity contribution in [2.24, 2.45) is 0 Å². The van der Waals surface area contributed by atoms with Crippen molar-refractivity contribution in [2.75, 3.05) is 45.4 Å². The summed E-state index contributed by atoms with van der Waals surface area (Å²) in [5.74, 6) is 1.74. The number of carbonyl (C=O) groups excluding carboxylic acids is 1. The third kappa shape index (κ3) is 10.0. The van der Waals surface area contributed by atoms with Crippen molar-refractivity contribution in [3.8, 4) is 28.1 Å². The van der Waals surface area contributed by atoms with Crippen molar-refractivity contribution in [1.29, 1.82) is 0 Å². The van der Waals surface area contributed by atoms with Crippen molar-refractivity contribution < 1.29 is 24.1 Å². The van der Waals surface area contributed by atoms with Gasteiger partial charge in [-0.2, -0.15) is 9.61 Å². The molecule has 4 aromatic rings. The summed E-state index contributed by atoms with van der Waals surface area (Å²) >= 11 is 6.36. The minimum atomic E-state index is -0.500. The first kappa shape index (κ1) is 37.3. The summed E-state index contributed by atoms with van der Waals surface area (Å²) in [6.45, 7) is 12.5. The summed E-state index contributed by atoms with van der Waals surface area (Å²) in [5.41, 5.74) is 5.74. The molecule has 1 N–H and O–H groups in total. The van der Waals surface area contributed by atoms with E-state index in [4.69, 9.17) is 36.3 Å². The van der Waals surface area contributed by atoms with Crippen molar-refractivity contribution in [2.45, 2.75) is 84.3 Å². The Kier molecular flexibility index (Phi) is 13.0. The number of aryl methyl sites for hydroxylation is 1. The van der Waals surface area contributed by atoms with Gasteiger partial charge in [0.15, 0.2) is 5.65 Å². The molecular formula is C38H51ClN4O5. The second-order valence-corrected chi connectivity index (χ2v) is 14.1. The molecule has 48 heavy (non-hydrogen) atoms. The minimum absolute atomic E-state index is 0.161. The van der Waals surface area contributed by atoms with E-state index in [9.17, 15) is 4.79 Å². The van der Waals surface area contributed by atoms with Crippen LogP contribution in [0.2, 0.25) is 5.02 Å². The van der Waals surface area contributed by atoms with Gasteiger partial charge in [-0.25, -0.2) is 4.98 Å². The van der Waals surface area contributed by atoms with E-state index in [1.165, 1.54) is 0 Å². The lowest BCUT2D eigenvalue weighted by Gasteiger charge is -2.40. The normalized spacial score (nSPS) is 16.1. The molecule has 10 heteroatoms. The van der Waals surface area contributed by atoms with Gasteiger partial charge in [-0.3, -0.25) is 0 Å². The highest BCUT2D eigenvalue weighted by atomic mass is 35.5. The molecule has 6 bridgehead atoms. The Morgan fingerprint density at radius 3 is 2.38 bits per heavy atom. The highest BCUT2D eigenvalue weighted by molar-refractivity contribution is 6.30. The quantitative estimate of drug-likeness (QED) is 0.215. The highest BCUT2D eigenvalue weighted by Crippen LogP contribution is 2.37. The number of rotatable bonds is 2. The number of anilines is 1. The molecule has 0 aliphatic carbocycles. The van der Waals surface area contributed by atoms with Crippen molar-refractivity contribution in [1.82, 2.24) is 14.6 Å². The fourth-order valence-electron chi connectivity index (χ4n) is 5.84. The summed E-state index contributed by atoms with van der Waals surface area (Å²) in [7, 11) is 3.25. The third-order valence-electron chi connectivity index (χ3n) is 8.20. The lowest BCUT2D eigenvalue weighted by molar-refractivity contribution is -0.107. The first-order chi connectivity index (χ1) is 22.9. The summed E-state index contributed by atoms with van der Waals surface area (Å²) in [4.78, 5) is 18.9. The molecule has 0 atom stereocenters. The number of hydrogen-bond donors (Lipinski definition) is 1. The number of carbonyl (C=O) groups is 1. The van der Waals surface area contributed by atoms with Crippen molar-refractivity contribution >= 4 is 29.4 Å². The monoisotopic (exact) mass is 678 g/mol. The smallest absolute Gasteiger partial charge is 0.158 e. The van der Waals surface area contributed by atoms with Crippen LogP contribution < -0.4 is 9.64 Å². The number of hydrogen-bond acceptors (Lipinski definition) is 8. The Hall–Kier alpha value is -3.50. The second-order valence-electron chi connectivity index (χ2n) is 13.7. The first-order valence-electron chi connectivity index (χ1n) is 16.7. The lowest BCUT2D eigenvalue weighted by atomic mass is 9.93. The van der Waals surface area contributed by atoms with E-state index in [1.54, 1.807) is 35.0 Å². The molecule has 0 radical (unpaired) electrons. The lowest BCUT2D eigenvalue weighted by Crippen LogP contribution is -2.45. The standard InChI is InChI=1S/C32H35ClN4O3.C4H10O.C2H6O/c1-22-26(11-16-38)31-36-14-12-32(2,13-15-36)40-18-5-3-4-17-39-29-20-25(33)9-10-27(29)23-7-6-8-24(19-23)28-21-30(34-22)37(31)35-28;1-4(2,3)5;1-3-2/h6-10,16,19-21H,3-5,11-15,17-18H2,1-2H3;5H,1-3H3;1-2H3. The van der Waals surface area contributed by atoms with Gasteiger partial charge in [-0.15, -0.1) is 0 Å². The van der Waals surface area contributed by atoms with Crippen LogP contribution in [-0.2, 0) is 20.7 Å². The maximum Gasteiger partial charge on any atom is 0.158 e. The molecule has 0 unspecified atom stereocenters. The Morgan fingerprint density at radius 2 is 1.69 bits per heavy atom. The number of aromatic nitrogens is 3. The SMILES string of the molecule is CC(C)(C)O.COC.Cc1nc2cc3nn2c(c1CC=O)N1CCC(C)(CC1)OCCCCCOc1cc(Cl)ccc1-c1cccc-3c1. The number of ether oxygens (including phenoxy) is 3. The third-order valence-corrected chi connectivity index (χ3v) is 8.43. The van der Waals surface area contributed by atoms with Crippen molar-refractivity contribution in [3.63, 3.8) is 0 Å². The van der Waals surface area contributed by atoms with Crippen LogP contribution in [0.3, 0.4) is 0 Å². The molecule has 1 fully saturated rings. The van der Waals surface area contributed by atoms with E-state index in [0.29, 0.717) is 18.1 Å². The van der Waals surface area contributed by atoms with Gasteiger partial charge in [-0.1, -0.05) is 29.8 Å². The predicted octanol–water partition coefficient (Wildman–Crippen LogP) is 7.74. The Balaban J connectivity index is 0.000000588. The molecule has 2 aromatic heterocycles. The van der Waals surface area contributed by atoms with Gasteiger partial charge < -0.3 is 29.0 Å². The van der Waals surface area contributed by atoms with E-state index < -0.39 is 5.60 Å². The molecule has 0 saturated carbocycles. The molecule has 3 aliphatic heterocycles. The van der Waals surface area contributed by atoms with Gasteiger partial charge in [0.2, 0.25) is 0 Å². The topological polar surface area (TPSA) is 98.4 Å². The van der Waals surface area contributed by atoms with Crippen LogP contribution in [0.15, 0.2) is 48.5 Å². The van der Waals surface area contributed by atoms with Crippen LogP contribution in [0, 0.1) is 6.92 Å². The molecule has 2 aromatic carbocycles. The van der Waals surface area contributed by atoms with Crippen LogP contribution in [0.25, 0.3) is 28.0 Å². The summed E-state index contributed by atoms with van der Waals surface area (Å²) in [5, 5.41) is 14.2. The van der Waals surface area contributed by atoms with Gasteiger partial charge in [0, 0.05) is 73.8 Å². The van der Waals surface area contributed by atoms with Gasteiger partial charge in [0.05, 0.1) is 23.5 Å². The Morgan fingerprint density at radius 1 is 1.02 bits per heavy atom. The minimum Gasteiger partial charge on any atom is -0.493 e. The fraction of sp³-hybridized carbons (Fsp3) is 0.500. The van der Waals surface area contributed by atoms with Gasteiger partial charge in [0.1, 0.15) is 17.9 Å². The van der Waals surface area contributed by atoms with E-state index in [1.807, 2.05) is 41.8 Å². The molecule has 7 rings (SSSR count). The Labute approximate surface area is 290 Å². The van der Waals surface area contributed by atoms with Crippen LogP contribution >= 0.6 is 11.6 Å². The summed E-state index contributed by atoms with van der Waals surface area (Å²) < 4.78 is 18.8. The largest absolute Gasteiger partial charge is 0.493 e. The zero-order valence-corrected chi connectivity index (χ0v) is 30.3. The van der Waals surface area contributed by atoms with E-state index in [-0.39, 0.29) is 5.60 Å². The number of aliphatic hydroxyl groups is 1. The predicted molar refractivity (Wildman–Crippen MR) is 193 cm³/mol. The zero-order chi connectivity index (χ0) is 34.9. The molecule has 5 heterocycles. The van der Waals surface area contributed by atoms with E-state index in [0.717, 1.165) is 109 Å². The maximum absolute atomic E-state index is 11.7. The summed E-state index contributed by atoms with van der Waals surface area (Å²) in [6.07, 6.45) is 6.07. The number of fused-ring (bicyclic) bond motifs is 8. The van der Waals surface area contributed by atoms with Gasteiger partial charge in [0.25, 0.3) is 0 Å². The van der Waals surface area contributed by atoms with Crippen LogP contribution in [0.4, 0.5) is 5.82 Å². The summed E-state index contributed by atoms with van der Waals surface area (Å²) in [6, 6.07) is 16.2. The first-order valence-corrected chi connectivity index (χ1v) is 17.1. The van der Waals surface area contributed by atoms with E-state index in [2.05, 4.69) is 34.8 Å². The molecule has 0 amide bonds. The maximum atomic E-state index is 11.7. The number of nitrogens with zero attached hydrogens (tertiary/aromatic N) is 4. The fourth-order valence-corrected chi connectivity index (χ4v) is 6.00. The number of benzene rings is 2. The van der Waals surface area contributed by atoms with Gasteiger partial charge in [-0.05, 0) is 96.6 Å². The Bertz CT molecular complexity index is 1650. The average molecular weight is 679 g/mol. The molecule has 260 valence electrons. The van der Waals surface area contributed by atoms with E-state index >= 15 is 0 Å².